The van der Waals surface area contributed by atoms with Crippen molar-refractivity contribution in [3.8, 4) is 11.1 Å². The Hall–Kier alpha value is -2.65. The zero-order valence-electron chi connectivity index (χ0n) is 12.4. The van der Waals surface area contributed by atoms with Crippen LogP contribution in [0.25, 0.3) is 32.9 Å². The monoisotopic (exact) mass is 320 g/mol. The van der Waals surface area contributed by atoms with E-state index >= 15 is 0 Å². The predicted molar refractivity (Wildman–Crippen MR) is 94.2 cm³/mol. The number of nitrogens with one attached hydrogen (secondary N) is 1. The SMILES string of the molecule is Cc1nccc2c1[nH]c1c(-c3cccc(C=O)c3)cc(Cl)cc12. The van der Waals surface area contributed by atoms with Crippen LogP contribution in [0.3, 0.4) is 0 Å². The van der Waals surface area contributed by atoms with Gasteiger partial charge in [0, 0.05) is 33.1 Å². The lowest BCUT2D eigenvalue weighted by Gasteiger charge is -2.06. The minimum absolute atomic E-state index is 0.643. The maximum absolute atomic E-state index is 11.1. The molecule has 0 atom stereocenters. The molecule has 0 bridgehead atoms. The average Bonchev–Trinajstić information content (AvgIpc) is 2.94. The molecule has 4 heteroatoms. The molecular weight excluding hydrogens is 308 g/mol. The maximum atomic E-state index is 11.1. The number of aromatic amines is 1. The Morgan fingerprint density at radius 1 is 1.09 bits per heavy atom. The number of aldehydes is 1. The van der Waals surface area contributed by atoms with Crippen molar-refractivity contribution in [2.75, 3.05) is 0 Å². The molecule has 0 aliphatic heterocycles. The second kappa shape index (κ2) is 5.21. The smallest absolute Gasteiger partial charge is 0.150 e. The summed E-state index contributed by atoms with van der Waals surface area (Å²) in [6, 6.07) is 13.4. The number of benzene rings is 2. The van der Waals surface area contributed by atoms with Gasteiger partial charge in [-0.3, -0.25) is 9.78 Å². The van der Waals surface area contributed by atoms with Crippen molar-refractivity contribution in [2.45, 2.75) is 6.92 Å². The summed E-state index contributed by atoms with van der Waals surface area (Å²) < 4.78 is 0. The van der Waals surface area contributed by atoms with E-state index in [1.165, 1.54) is 0 Å². The largest absolute Gasteiger partial charge is 0.353 e. The first-order valence-electron chi connectivity index (χ1n) is 7.29. The zero-order valence-corrected chi connectivity index (χ0v) is 13.2. The van der Waals surface area contributed by atoms with Crippen LogP contribution in [0.2, 0.25) is 5.02 Å². The van der Waals surface area contributed by atoms with Gasteiger partial charge in [0.2, 0.25) is 0 Å². The molecule has 1 N–H and O–H groups in total. The first-order valence-corrected chi connectivity index (χ1v) is 7.67. The van der Waals surface area contributed by atoms with Gasteiger partial charge in [-0.15, -0.1) is 0 Å². The molecule has 2 heterocycles. The number of carbonyl (C=O) groups is 1. The molecule has 4 rings (SSSR count). The number of carbonyl (C=O) groups excluding carboxylic acids is 1. The summed E-state index contributed by atoms with van der Waals surface area (Å²) >= 11 is 6.35. The Balaban J connectivity index is 2.12. The minimum atomic E-state index is 0.643. The number of pyridine rings is 1. The highest BCUT2D eigenvalue weighted by molar-refractivity contribution is 6.32. The number of H-pyrrole nitrogens is 1. The Morgan fingerprint density at radius 3 is 2.78 bits per heavy atom. The van der Waals surface area contributed by atoms with Gasteiger partial charge in [-0.1, -0.05) is 29.8 Å². The number of hydrogen-bond donors (Lipinski definition) is 1. The summed E-state index contributed by atoms with van der Waals surface area (Å²) in [7, 11) is 0. The molecule has 0 spiro atoms. The van der Waals surface area contributed by atoms with Gasteiger partial charge in [-0.25, -0.2) is 0 Å². The van der Waals surface area contributed by atoms with Crippen molar-refractivity contribution in [2.24, 2.45) is 0 Å². The summed E-state index contributed by atoms with van der Waals surface area (Å²) in [6.45, 7) is 1.98. The molecule has 112 valence electrons. The predicted octanol–water partition coefficient (Wildman–Crippen LogP) is 5.16. The lowest BCUT2D eigenvalue weighted by Crippen LogP contribution is -1.85. The van der Waals surface area contributed by atoms with Crippen LogP contribution in [0.15, 0.2) is 48.7 Å². The Labute approximate surface area is 137 Å². The van der Waals surface area contributed by atoms with Crippen LogP contribution in [0, 0.1) is 6.92 Å². The van der Waals surface area contributed by atoms with E-state index in [-0.39, 0.29) is 0 Å². The molecule has 2 aromatic carbocycles. The van der Waals surface area contributed by atoms with Gasteiger partial charge in [0.25, 0.3) is 0 Å². The third kappa shape index (κ3) is 2.21. The highest BCUT2D eigenvalue weighted by Crippen LogP contribution is 2.36. The highest BCUT2D eigenvalue weighted by Gasteiger charge is 2.13. The van der Waals surface area contributed by atoms with Gasteiger partial charge in [-0.05, 0) is 36.8 Å². The van der Waals surface area contributed by atoms with Gasteiger partial charge in [-0.2, -0.15) is 0 Å². The van der Waals surface area contributed by atoms with E-state index in [0.29, 0.717) is 10.6 Å². The number of hydrogen-bond acceptors (Lipinski definition) is 2. The van der Waals surface area contributed by atoms with Crippen LogP contribution in [0.5, 0.6) is 0 Å². The summed E-state index contributed by atoms with van der Waals surface area (Å²) in [5, 5.41) is 2.83. The summed E-state index contributed by atoms with van der Waals surface area (Å²) in [4.78, 5) is 18.9. The fraction of sp³-hybridized carbons (Fsp3) is 0.0526. The second-order valence-corrected chi connectivity index (χ2v) is 6.00. The molecule has 0 radical (unpaired) electrons. The standard InChI is InChI=1S/C19H13ClN2O/c1-11-18-15(5-6-21-11)17-9-14(20)8-16(19(17)22-18)13-4-2-3-12(7-13)10-23/h2-10,22H,1H3. The number of nitrogens with zero attached hydrogens (tertiary/aromatic N) is 1. The number of fused-ring (bicyclic) bond motifs is 3. The number of aryl methyl sites for hydroxylation is 1. The quantitative estimate of drug-likeness (QED) is 0.519. The average molecular weight is 321 g/mol. The fourth-order valence-corrected chi connectivity index (χ4v) is 3.25. The van der Waals surface area contributed by atoms with E-state index in [1.807, 2.05) is 43.3 Å². The first kappa shape index (κ1) is 14.0. The van der Waals surface area contributed by atoms with Crippen LogP contribution in [-0.4, -0.2) is 16.3 Å². The van der Waals surface area contributed by atoms with Crippen LogP contribution >= 0.6 is 11.6 Å². The summed E-state index contributed by atoms with van der Waals surface area (Å²) in [5.41, 5.74) is 5.54. The lowest BCUT2D eigenvalue weighted by molar-refractivity contribution is 0.112. The Morgan fingerprint density at radius 2 is 1.96 bits per heavy atom. The van der Waals surface area contributed by atoms with Crippen LogP contribution < -0.4 is 0 Å². The molecule has 2 aromatic heterocycles. The van der Waals surface area contributed by atoms with Crippen molar-refractivity contribution in [3.63, 3.8) is 0 Å². The third-order valence-electron chi connectivity index (χ3n) is 4.12. The topological polar surface area (TPSA) is 45.8 Å². The molecule has 0 fully saturated rings. The van der Waals surface area contributed by atoms with E-state index in [0.717, 1.165) is 44.9 Å². The molecule has 4 aromatic rings. The van der Waals surface area contributed by atoms with Crippen LogP contribution in [0.1, 0.15) is 16.1 Å². The van der Waals surface area contributed by atoms with E-state index in [2.05, 4.69) is 9.97 Å². The minimum Gasteiger partial charge on any atom is -0.353 e. The third-order valence-corrected chi connectivity index (χ3v) is 4.34. The van der Waals surface area contributed by atoms with E-state index in [1.54, 1.807) is 12.3 Å². The van der Waals surface area contributed by atoms with Crippen molar-refractivity contribution in [1.29, 1.82) is 0 Å². The molecule has 23 heavy (non-hydrogen) atoms. The second-order valence-electron chi connectivity index (χ2n) is 5.56. The molecule has 0 aliphatic carbocycles. The highest BCUT2D eigenvalue weighted by atomic mass is 35.5. The van der Waals surface area contributed by atoms with Crippen molar-refractivity contribution >= 4 is 39.7 Å². The molecule has 0 saturated carbocycles. The van der Waals surface area contributed by atoms with Crippen molar-refractivity contribution in [1.82, 2.24) is 9.97 Å². The van der Waals surface area contributed by atoms with Crippen molar-refractivity contribution in [3.05, 3.63) is 64.9 Å². The van der Waals surface area contributed by atoms with Gasteiger partial charge < -0.3 is 4.98 Å². The normalized spacial score (nSPS) is 11.2. The van der Waals surface area contributed by atoms with Crippen molar-refractivity contribution < 1.29 is 4.79 Å². The molecule has 3 nitrogen and oxygen atoms in total. The zero-order chi connectivity index (χ0) is 16.0. The number of aromatic nitrogens is 2. The van der Waals surface area contributed by atoms with E-state index in [9.17, 15) is 4.79 Å². The maximum Gasteiger partial charge on any atom is 0.150 e. The van der Waals surface area contributed by atoms with E-state index in [4.69, 9.17) is 11.6 Å². The Bertz CT molecular complexity index is 1070. The molecule has 0 saturated heterocycles. The van der Waals surface area contributed by atoms with Crippen LogP contribution in [-0.2, 0) is 0 Å². The number of rotatable bonds is 2. The molecular formula is C19H13ClN2O. The van der Waals surface area contributed by atoms with Gasteiger partial charge in [0.05, 0.1) is 16.7 Å². The number of halogens is 1. The van der Waals surface area contributed by atoms with Gasteiger partial charge in [0.15, 0.2) is 0 Å². The van der Waals surface area contributed by atoms with Crippen LogP contribution in [0.4, 0.5) is 0 Å². The van der Waals surface area contributed by atoms with Gasteiger partial charge in [0.1, 0.15) is 6.29 Å². The van der Waals surface area contributed by atoms with Gasteiger partial charge >= 0.3 is 0 Å². The molecule has 0 aliphatic rings. The molecule has 0 amide bonds. The summed E-state index contributed by atoms with van der Waals surface area (Å²) in [6.07, 6.45) is 2.66. The summed E-state index contributed by atoms with van der Waals surface area (Å²) in [5.74, 6) is 0. The molecule has 0 unspecified atom stereocenters. The Kier molecular flexibility index (Phi) is 3.17. The van der Waals surface area contributed by atoms with E-state index < -0.39 is 0 Å². The fourth-order valence-electron chi connectivity index (χ4n) is 3.03. The lowest BCUT2D eigenvalue weighted by atomic mass is 10.0. The first-order chi connectivity index (χ1) is 11.2.